The number of rotatable bonds is 9. The van der Waals surface area contributed by atoms with Gasteiger partial charge < -0.3 is 15.7 Å². The second kappa shape index (κ2) is 9.16. The predicted molar refractivity (Wildman–Crippen MR) is 93.0 cm³/mol. The molecule has 0 aliphatic carbocycles. The van der Waals surface area contributed by atoms with Crippen molar-refractivity contribution >= 4 is 33.3 Å². The number of aliphatic carboxylic acids is 1. The molecule has 0 heterocycles. The van der Waals surface area contributed by atoms with E-state index in [1.165, 1.54) is 13.8 Å². The molecule has 0 saturated carbocycles. The van der Waals surface area contributed by atoms with Crippen LogP contribution < -0.4 is 10.6 Å². The summed E-state index contributed by atoms with van der Waals surface area (Å²) in [7, 11) is -3.31. The van der Waals surface area contributed by atoms with E-state index in [-0.39, 0.29) is 30.3 Å². The van der Waals surface area contributed by atoms with Crippen LogP contribution in [0.2, 0.25) is 0 Å². The molecule has 138 valence electrons. The highest BCUT2D eigenvalue weighted by atomic mass is 32.2. The second-order valence-electron chi connectivity index (χ2n) is 5.54. The van der Waals surface area contributed by atoms with Crippen molar-refractivity contribution in [2.75, 3.05) is 16.8 Å². The minimum atomic E-state index is -3.31. The van der Waals surface area contributed by atoms with Crippen molar-refractivity contribution < 1.29 is 27.9 Å². The van der Waals surface area contributed by atoms with E-state index in [4.69, 9.17) is 5.11 Å². The van der Waals surface area contributed by atoms with E-state index >= 15 is 0 Å². The minimum absolute atomic E-state index is 0.0509. The Morgan fingerprint density at radius 2 is 1.76 bits per heavy atom. The number of carboxylic acid groups (broad SMARTS) is 1. The lowest BCUT2D eigenvalue weighted by Crippen LogP contribution is -2.42. The van der Waals surface area contributed by atoms with Gasteiger partial charge in [-0.15, -0.1) is 0 Å². The first-order valence-electron chi connectivity index (χ1n) is 7.72. The van der Waals surface area contributed by atoms with Crippen molar-refractivity contribution in [1.29, 1.82) is 0 Å². The number of hydrogen-bond donors (Lipinski definition) is 3. The molecule has 0 fully saturated rings. The van der Waals surface area contributed by atoms with E-state index in [2.05, 4.69) is 10.6 Å². The summed E-state index contributed by atoms with van der Waals surface area (Å²) in [5, 5.41) is 14.1. The Kier molecular flexibility index (Phi) is 7.56. The SMILES string of the molecule is CCS(=O)(=O)CCC(NC(=O)Cc1ccc(NC(C)=O)cc1)C(=O)O. The summed E-state index contributed by atoms with van der Waals surface area (Å²) in [6.07, 6.45) is -0.233. The average Bonchev–Trinajstić information content (AvgIpc) is 2.52. The normalized spacial score (nSPS) is 12.2. The number of carbonyl (C=O) groups is 3. The molecule has 1 aromatic carbocycles. The first kappa shape index (κ1) is 20.6. The Morgan fingerprint density at radius 1 is 1.16 bits per heavy atom. The number of carbonyl (C=O) groups excluding carboxylic acids is 2. The van der Waals surface area contributed by atoms with E-state index in [1.54, 1.807) is 24.3 Å². The predicted octanol–water partition coefficient (Wildman–Crippen LogP) is 0.582. The lowest BCUT2D eigenvalue weighted by molar-refractivity contribution is -0.141. The van der Waals surface area contributed by atoms with Gasteiger partial charge in [-0.2, -0.15) is 0 Å². The van der Waals surface area contributed by atoms with Gasteiger partial charge in [-0.3, -0.25) is 9.59 Å². The summed E-state index contributed by atoms with van der Waals surface area (Å²) in [5.74, 6) is -2.38. The van der Waals surface area contributed by atoms with Crippen molar-refractivity contribution in [2.24, 2.45) is 0 Å². The third-order valence-electron chi connectivity index (χ3n) is 3.43. The molecule has 3 N–H and O–H groups in total. The highest BCUT2D eigenvalue weighted by Gasteiger charge is 2.22. The molecule has 9 heteroatoms. The topological polar surface area (TPSA) is 130 Å². The van der Waals surface area contributed by atoms with Crippen LogP contribution in [-0.4, -0.2) is 48.9 Å². The third kappa shape index (κ3) is 7.79. The summed E-state index contributed by atoms with van der Waals surface area (Å²) >= 11 is 0. The Labute approximate surface area is 146 Å². The molecular formula is C16H22N2O6S. The monoisotopic (exact) mass is 370 g/mol. The maximum Gasteiger partial charge on any atom is 0.326 e. The van der Waals surface area contributed by atoms with E-state index in [9.17, 15) is 22.8 Å². The van der Waals surface area contributed by atoms with Crippen LogP contribution in [0.5, 0.6) is 0 Å². The van der Waals surface area contributed by atoms with Crippen molar-refractivity contribution in [3.63, 3.8) is 0 Å². The van der Waals surface area contributed by atoms with Gasteiger partial charge in [0, 0.05) is 18.4 Å². The van der Waals surface area contributed by atoms with Crippen LogP contribution in [0.4, 0.5) is 5.69 Å². The van der Waals surface area contributed by atoms with Gasteiger partial charge in [-0.1, -0.05) is 19.1 Å². The van der Waals surface area contributed by atoms with Gasteiger partial charge in [0.2, 0.25) is 11.8 Å². The van der Waals surface area contributed by atoms with E-state index in [0.29, 0.717) is 11.3 Å². The Balaban J connectivity index is 2.62. The molecule has 1 atom stereocenters. The number of sulfone groups is 1. The fraction of sp³-hybridized carbons (Fsp3) is 0.438. The lowest BCUT2D eigenvalue weighted by atomic mass is 10.1. The maximum atomic E-state index is 12.0. The van der Waals surface area contributed by atoms with Crippen LogP contribution in [0.1, 0.15) is 25.8 Å². The molecular weight excluding hydrogens is 348 g/mol. The quantitative estimate of drug-likeness (QED) is 0.583. The molecule has 2 amide bonds. The van der Waals surface area contributed by atoms with E-state index < -0.39 is 27.8 Å². The van der Waals surface area contributed by atoms with Crippen molar-refractivity contribution in [2.45, 2.75) is 32.7 Å². The van der Waals surface area contributed by atoms with Gasteiger partial charge in [0.25, 0.3) is 0 Å². The van der Waals surface area contributed by atoms with Crippen molar-refractivity contribution in [3.8, 4) is 0 Å². The van der Waals surface area contributed by atoms with E-state index in [1.807, 2.05) is 0 Å². The average molecular weight is 370 g/mol. The molecule has 25 heavy (non-hydrogen) atoms. The smallest absolute Gasteiger partial charge is 0.326 e. The number of hydrogen-bond acceptors (Lipinski definition) is 5. The molecule has 0 spiro atoms. The lowest BCUT2D eigenvalue weighted by Gasteiger charge is -2.14. The molecule has 0 aliphatic heterocycles. The summed E-state index contributed by atoms with van der Waals surface area (Å²) in [6.45, 7) is 2.86. The van der Waals surface area contributed by atoms with Crippen LogP contribution in [0.15, 0.2) is 24.3 Å². The van der Waals surface area contributed by atoms with E-state index in [0.717, 1.165) is 0 Å². The van der Waals surface area contributed by atoms with Crippen LogP contribution in [-0.2, 0) is 30.6 Å². The van der Waals surface area contributed by atoms with Crippen LogP contribution in [0.25, 0.3) is 0 Å². The zero-order valence-corrected chi connectivity index (χ0v) is 14.9. The van der Waals surface area contributed by atoms with Gasteiger partial charge in [-0.25, -0.2) is 13.2 Å². The molecule has 1 rings (SSSR count). The van der Waals surface area contributed by atoms with Crippen LogP contribution in [0, 0.1) is 0 Å². The molecule has 1 aromatic rings. The Morgan fingerprint density at radius 3 is 2.24 bits per heavy atom. The standard InChI is InChI=1S/C16H22N2O6S/c1-3-25(23,24)9-8-14(16(21)22)18-15(20)10-12-4-6-13(7-5-12)17-11(2)19/h4-7,14H,3,8-10H2,1-2H3,(H,17,19)(H,18,20)(H,21,22). The van der Waals surface area contributed by atoms with Gasteiger partial charge in [-0.05, 0) is 24.1 Å². The summed E-state index contributed by atoms with van der Waals surface area (Å²) in [6, 6.07) is 5.29. The molecule has 0 bridgehead atoms. The summed E-state index contributed by atoms with van der Waals surface area (Å²) in [4.78, 5) is 34.1. The van der Waals surface area contributed by atoms with Crippen molar-refractivity contribution in [1.82, 2.24) is 5.32 Å². The van der Waals surface area contributed by atoms with Gasteiger partial charge >= 0.3 is 5.97 Å². The molecule has 0 saturated heterocycles. The number of benzene rings is 1. The largest absolute Gasteiger partial charge is 0.480 e. The van der Waals surface area contributed by atoms with Crippen LogP contribution in [0.3, 0.4) is 0 Å². The van der Waals surface area contributed by atoms with Gasteiger partial charge in [0.1, 0.15) is 15.9 Å². The zero-order valence-electron chi connectivity index (χ0n) is 14.1. The minimum Gasteiger partial charge on any atom is -0.480 e. The number of anilines is 1. The molecule has 0 aliphatic rings. The molecule has 1 unspecified atom stereocenters. The number of amides is 2. The third-order valence-corrected chi connectivity index (χ3v) is 5.17. The van der Waals surface area contributed by atoms with Crippen molar-refractivity contribution in [3.05, 3.63) is 29.8 Å². The number of carboxylic acids is 1. The highest BCUT2D eigenvalue weighted by Crippen LogP contribution is 2.10. The Bertz CT molecular complexity index is 727. The first-order chi connectivity index (χ1) is 11.6. The summed E-state index contributed by atoms with van der Waals surface area (Å²) < 4.78 is 23.0. The summed E-state index contributed by atoms with van der Waals surface area (Å²) in [5.41, 5.74) is 1.22. The molecule has 0 radical (unpaired) electrons. The van der Waals surface area contributed by atoms with Crippen LogP contribution >= 0.6 is 0 Å². The molecule has 0 aromatic heterocycles. The Hall–Kier alpha value is -2.42. The fourth-order valence-electron chi connectivity index (χ4n) is 2.04. The fourth-order valence-corrected chi connectivity index (χ4v) is 2.92. The van der Waals surface area contributed by atoms with Gasteiger partial charge in [0.15, 0.2) is 0 Å². The van der Waals surface area contributed by atoms with Gasteiger partial charge in [0.05, 0.1) is 12.2 Å². The zero-order chi connectivity index (χ0) is 19.0. The molecule has 8 nitrogen and oxygen atoms in total. The highest BCUT2D eigenvalue weighted by molar-refractivity contribution is 7.91. The number of nitrogens with one attached hydrogen (secondary N) is 2. The first-order valence-corrected chi connectivity index (χ1v) is 9.54. The second-order valence-corrected chi connectivity index (χ2v) is 8.01. The maximum absolute atomic E-state index is 12.0.